The summed E-state index contributed by atoms with van der Waals surface area (Å²) in [7, 11) is -3.84. The highest BCUT2D eigenvalue weighted by Gasteiger charge is 2.17. The number of amides is 1. The standard InChI is InChI=1S/C13H12BrN3O3S/c1-8-10(5-2-6-11(8)21(15,19)20)17-13(18)12-9(14)4-3-7-16-12/h2-7H,1H3,(H,17,18)(H2,15,19,20). The lowest BCUT2D eigenvalue weighted by Crippen LogP contribution is -2.18. The Balaban J connectivity index is 2.37. The molecule has 0 unspecified atom stereocenters. The van der Waals surface area contributed by atoms with Gasteiger partial charge in [0.25, 0.3) is 5.91 Å². The van der Waals surface area contributed by atoms with Crippen molar-refractivity contribution in [2.24, 2.45) is 5.14 Å². The first kappa shape index (κ1) is 15.6. The van der Waals surface area contributed by atoms with Gasteiger partial charge in [0.1, 0.15) is 5.69 Å². The molecule has 3 N–H and O–H groups in total. The molecule has 1 heterocycles. The van der Waals surface area contributed by atoms with E-state index >= 15 is 0 Å². The molecule has 0 bridgehead atoms. The predicted octanol–water partition coefficient (Wildman–Crippen LogP) is 2.05. The fourth-order valence-electron chi connectivity index (χ4n) is 1.79. The van der Waals surface area contributed by atoms with E-state index in [2.05, 4.69) is 26.2 Å². The normalized spacial score (nSPS) is 11.2. The Morgan fingerprint density at radius 2 is 2.00 bits per heavy atom. The summed E-state index contributed by atoms with van der Waals surface area (Å²) in [5.74, 6) is -0.447. The molecule has 0 fully saturated rings. The van der Waals surface area contributed by atoms with Gasteiger partial charge in [0.15, 0.2) is 0 Å². The lowest BCUT2D eigenvalue weighted by Gasteiger charge is -2.11. The molecule has 0 aliphatic heterocycles. The van der Waals surface area contributed by atoms with Crippen molar-refractivity contribution in [1.29, 1.82) is 0 Å². The maximum atomic E-state index is 12.2. The zero-order valence-electron chi connectivity index (χ0n) is 11.0. The van der Waals surface area contributed by atoms with Gasteiger partial charge < -0.3 is 5.32 Å². The predicted molar refractivity (Wildman–Crippen MR) is 82.4 cm³/mol. The lowest BCUT2D eigenvalue weighted by molar-refractivity contribution is 0.102. The van der Waals surface area contributed by atoms with Crippen molar-refractivity contribution in [3.05, 3.63) is 52.3 Å². The number of anilines is 1. The van der Waals surface area contributed by atoms with Crippen LogP contribution in [-0.2, 0) is 10.0 Å². The fraction of sp³-hybridized carbons (Fsp3) is 0.0769. The first-order valence-corrected chi connectivity index (χ1v) is 8.19. The molecule has 2 rings (SSSR count). The first-order valence-electron chi connectivity index (χ1n) is 5.85. The molecule has 0 aliphatic rings. The lowest BCUT2D eigenvalue weighted by atomic mass is 10.2. The molecule has 21 heavy (non-hydrogen) atoms. The van der Waals surface area contributed by atoms with Crippen LogP contribution in [-0.4, -0.2) is 19.3 Å². The number of carbonyl (C=O) groups is 1. The molecule has 8 heteroatoms. The molecule has 1 aromatic heterocycles. The Morgan fingerprint density at radius 3 is 2.62 bits per heavy atom. The van der Waals surface area contributed by atoms with Gasteiger partial charge in [-0.2, -0.15) is 0 Å². The van der Waals surface area contributed by atoms with Crippen LogP contribution in [0.1, 0.15) is 16.1 Å². The van der Waals surface area contributed by atoms with Crippen LogP contribution in [0.5, 0.6) is 0 Å². The Morgan fingerprint density at radius 1 is 1.29 bits per heavy atom. The third kappa shape index (κ3) is 3.46. The van der Waals surface area contributed by atoms with Crippen molar-refractivity contribution in [3.8, 4) is 0 Å². The summed E-state index contributed by atoms with van der Waals surface area (Å²) in [5.41, 5.74) is 0.947. The van der Waals surface area contributed by atoms with Crippen molar-refractivity contribution < 1.29 is 13.2 Å². The van der Waals surface area contributed by atoms with Crippen molar-refractivity contribution in [1.82, 2.24) is 4.98 Å². The first-order chi connectivity index (χ1) is 9.80. The van der Waals surface area contributed by atoms with E-state index in [1.807, 2.05) is 0 Å². The number of carbonyl (C=O) groups excluding carboxylic acids is 1. The molecule has 0 radical (unpaired) electrons. The summed E-state index contributed by atoms with van der Waals surface area (Å²) >= 11 is 3.24. The Kier molecular flexibility index (Phi) is 4.40. The van der Waals surface area contributed by atoms with Crippen molar-refractivity contribution in [3.63, 3.8) is 0 Å². The summed E-state index contributed by atoms with van der Waals surface area (Å²) in [5, 5.41) is 7.76. The molecule has 0 saturated carbocycles. The third-order valence-corrected chi connectivity index (χ3v) is 4.51. The summed E-state index contributed by atoms with van der Waals surface area (Å²) in [6, 6.07) is 7.87. The second kappa shape index (κ2) is 5.92. The van der Waals surface area contributed by atoms with Crippen molar-refractivity contribution in [2.45, 2.75) is 11.8 Å². The highest BCUT2D eigenvalue weighted by Crippen LogP contribution is 2.23. The van der Waals surface area contributed by atoms with Crippen LogP contribution < -0.4 is 10.5 Å². The number of aromatic nitrogens is 1. The van der Waals surface area contributed by atoms with E-state index in [1.165, 1.54) is 18.3 Å². The van der Waals surface area contributed by atoms with E-state index in [0.29, 0.717) is 15.7 Å². The highest BCUT2D eigenvalue weighted by molar-refractivity contribution is 9.10. The molecular formula is C13H12BrN3O3S. The average molecular weight is 370 g/mol. The molecule has 0 atom stereocenters. The SMILES string of the molecule is Cc1c(NC(=O)c2ncccc2Br)cccc1S(N)(=O)=O. The van der Waals surface area contributed by atoms with Gasteiger partial charge in [0.2, 0.25) is 10.0 Å². The van der Waals surface area contributed by atoms with Gasteiger partial charge in [-0.05, 0) is 52.7 Å². The number of halogens is 1. The van der Waals surface area contributed by atoms with Gasteiger partial charge in [-0.15, -0.1) is 0 Å². The van der Waals surface area contributed by atoms with Gasteiger partial charge in [-0.3, -0.25) is 4.79 Å². The minimum absolute atomic E-state index is 0.0274. The third-order valence-electron chi connectivity index (χ3n) is 2.81. The van der Waals surface area contributed by atoms with Crippen LogP contribution >= 0.6 is 15.9 Å². The second-order valence-electron chi connectivity index (χ2n) is 4.26. The van der Waals surface area contributed by atoms with E-state index in [4.69, 9.17) is 5.14 Å². The maximum absolute atomic E-state index is 12.2. The van der Waals surface area contributed by atoms with Gasteiger partial charge in [0, 0.05) is 16.4 Å². The molecule has 0 spiro atoms. The maximum Gasteiger partial charge on any atom is 0.275 e. The topological polar surface area (TPSA) is 102 Å². The van der Waals surface area contributed by atoms with Crippen LogP contribution in [0.2, 0.25) is 0 Å². The van der Waals surface area contributed by atoms with Gasteiger partial charge in [-0.25, -0.2) is 18.5 Å². The van der Waals surface area contributed by atoms with Crippen LogP contribution in [0.25, 0.3) is 0 Å². The number of pyridine rings is 1. The Labute approximate surface area is 130 Å². The number of nitrogens with one attached hydrogen (secondary N) is 1. The number of nitrogens with two attached hydrogens (primary N) is 1. The van der Waals surface area contributed by atoms with E-state index in [1.54, 1.807) is 25.1 Å². The fourth-order valence-corrected chi connectivity index (χ4v) is 3.03. The van der Waals surface area contributed by atoms with Crippen LogP contribution in [0.4, 0.5) is 5.69 Å². The molecule has 0 saturated heterocycles. The van der Waals surface area contributed by atoms with Gasteiger partial charge in [-0.1, -0.05) is 6.07 Å². The summed E-state index contributed by atoms with van der Waals surface area (Å²) < 4.78 is 23.5. The Bertz CT molecular complexity index is 806. The minimum atomic E-state index is -3.84. The molecule has 0 aliphatic carbocycles. The second-order valence-corrected chi connectivity index (χ2v) is 6.65. The van der Waals surface area contributed by atoms with Crippen molar-refractivity contribution in [2.75, 3.05) is 5.32 Å². The number of benzene rings is 1. The molecule has 1 aromatic carbocycles. The largest absolute Gasteiger partial charge is 0.320 e. The van der Waals surface area contributed by atoms with E-state index in [9.17, 15) is 13.2 Å². The number of rotatable bonds is 3. The number of sulfonamides is 1. The summed E-state index contributed by atoms with van der Waals surface area (Å²) in [6.45, 7) is 1.57. The zero-order valence-corrected chi connectivity index (χ0v) is 13.4. The Hall–Kier alpha value is -1.77. The summed E-state index contributed by atoms with van der Waals surface area (Å²) in [6.07, 6.45) is 1.49. The molecule has 6 nitrogen and oxygen atoms in total. The quantitative estimate of drug-likeness (QED) is 0.863. The number of nitrogens with zero attached hydrogens (tertiary/aromatic N) is 1. The number of primary sulfonamides is 1. The van der Waals surface area contributed by atoms with Crippen molar-refractivity contribution >= 4 is 37.5 Å². The smallest absolute Gasteiger partial charge is 0.275 e. The minimum Gasteiger partial charge on any atom is -0.320 e. The monoisotopic (exact) mass is 369 g/mol. The van der Waals surface area contributed by atoms with E-state index in [0.717, 1.165) is 0 Å². The molecular weight excluding hydrogens is 358 g/mol. The van der Waals surface area contributed by atoms with Gasteiger partial charge in [0.05, 0.1) is 4.90 Å². The van der Waals surface area contributed by atoms with Crippen LogP contribution in [0.15, 0.2) is 45.9 Å². The number of hydrogen-bond donors (Lipinski definition) is 2. The summed E-state index contributed by atoms with van der Waals surface area (Å²) in [4.78, 5) is 16.1. The van der Waals surface area contributed by atoms with E-state index in [-0.39, 0.29) is 10.6 Å². The highest BCUT2D eigenvalue weighted by atomic mass is 79.9. The zero-order chi connectivity index (χ0) is 15.6. The van der Waals surface area contributed by atoms with Crippen LogP contribution in [0.3, 0.4) is 0 Å². The van der Waals surface area contributed by atoms with Gasteiger partial charge >= 0.3 is 0 Å². The van der Waals surface area contributed by atoms with E-state index < -0.39 is 15.9 Å². The molecule has 1 amide bonds. The van der Waals surface area contributed by atoms with Crippen LogP contribution in [0, 0.1) is 6.92 Å². The average Bonchev–Trinajstić information content (AvgIpc) is 2.40. The molecule has 2 aromatic rings. The number of hydrogen-bond acceptors (Lipinski definition) is 4. The molecule has 110 valence electrons.